The van der Waals surface area contributed by atoms with Crippen molar-refractivity contribution in [2.75, 3.05) is 11.9 Å². The van der Waals surface area contributed by atoms with E-state index in [-0.39, 0.29) is 30.1 Å². The summed E-state index contributed by atoms with van der Waals surface area (Å²) >= 11 is 11.7. The first-order chi connectivity index (χ1) is 17.5. The third-order valence-corrected chi connectivity index (χ3v) is 6.54. The summed E-state index contributed by atoms with van der Waals surface area (Å²) in [4.78, 5) is 23.7. The molecule has 0 radical (unpaired) electrons. The Kier molecular flexibility index (Phi) is 6.92. The average Bonchev–Trinajstić information content (AvgIpc) is 3.49. The summed E-state index contributed by atoms with van der Waals surface area (Å²) < 4.78 is 16.0. The molecule has 4 heterocycles. The number of para-hydroxylation sites is 1. The van der Waals surface area contributed by atoms with E-state index in [1.165, 1.54) is 12.1 Å². The zero-order valence-corrected chi connectivity index (χ0v) is 20.6. The minimum absolute atomic E-state index is 0.113. The summed E-state index contributed by atoms with van der Waals surface area (Å²) in [6.07, 6.45) is 5.37. The first kappa shape index (κ1) is 23.9. The molecule has 2 unspecified atom stereocenters. The van der Waals surface area contributed by atoms with Crippen molar-refractivity contribution in [3.05, 3.63) is 108 Å². The van der Waals surface area contributed by atoms with E-state index in [1.807, 2.05) is 52.1 Å². The molecule has 1 amide bonds. The summed E-state index contributed by atoms with van der Waals surface area (Å²) in [7, 11) is 0. The lowest BCUT2D eigenvalue weighted by Gasteiger charge is -2.28. The van der Waals surface area contributed by atoms with Crippen LogP contribution in [-0.4, -0.2) is 37.0 Å². The Bertz CT molecular complexity index is 1380. The topological polar surface area (TPSA) is 75.1 Å². The Morgan fingerprint density at radius 2 is 1.92 bits per heavy atom. The van der Waals surface area contributed by atoms with Gasteiger partial charge in [-0.3, -0.25) is 9.78 Å². The van der Waals surface area contributed by atoms with E-state index in [9.17, 15) is 9.18 Å². The number of rotatable bonds is 7. The van der Waals surface area contributed by atoms with Crippen molar-refractivity contribution in [1.29, 1.82) is 0 Å². The number of halogens is 2. The molecule has 0 saturated carbocycles. The molecular formula is C26H22ClFN6OS. The van der Waals surface area contributed by atoms with Gasteiger partial charge in [0, 0.05) is 37.3 Å². The molecule has 182 valence electrons. The lowest BCUT2D eigenvalue weighted by Crippen LogP contribution is -2.33. The predicted octanol–water partition coefficient (Wildman–Crippen LogP) is 5.06. The monoisotopic (exact) mass is 520 g/mol. The van der Waals surface area contributed by atoms with Gasteiger partial charge in [-0.25, -0.2) is 9.37 Å². The molecule has 2 atom stereocenters. The standard InChI is InChI=1S/C26H22ClFN6OS/c27-17-10-11-22(30-16-17)33-14-5-9-21(33)25-24(20-8-3-4-13-29-20)32-26(36)34(25)15-12-23(35)31-19-7-2-1-6-18(19)28/h1-11,13-14,16,24-25H,12,15H2,(H,31,35)(H,32,36). The first-order valence-electron chi connectivity index (χ1n) is 11.3. The van der Waals surface area contributed by atoms with E-state index < -0.39 is 5.82 Å². The highest BCUT2D eigenvalue weighted by molar-refractivity contribution is 7.80. The number of pyridine rings is 2. The molecule has 2 N–H and O–H groups in total. The van der Waals surface area contributed by atoms with E-state index in [0.717, 1.165) is 11.4 Å². The summed E-state index contributed by atoms with van der Waals surface area (Å²) in [5.41, 5.74) is 1.89. The Morgan fingerprint density at radius 3 is 2.67 bits per heavy atom. The van der Waals surface area contributed by atoms with Gasteiger partial charge in [0.05, 0.1) is 28.5 Å². The number of amides is 1. The number of carbonyl (C=O) groups is 1. The molecule has 1 saturated heterocycles. The Balaban J connectivity index is 1.44. The van der Waals surface area contributed by atoms with Gasteiger partial charge in [0.2, 0.25) is 5.91 Å². The van der Waals surface area contributed by atoms with Crippen LogP contribution in [0, 0.1) is 5.82 Å². The van der Waals surface area contributed by atoms with Crippen molar-refractivity contribution in [3.8, 4) is 5.82 Å². The maximum absolute atomic E-state index is 14.0. The summed E-state index contributed by atoms with van der Waals surface area (Å²) in [5.74, 6) is -0.0856. The molecule has 1 aliphatic rings. The van der Waals surface area contributed by atoms with Crippen LogP contribution in [0.15, 0.2) is 85.3 Å². The van der Waals surface area contributed by atoms with Crippen molar-refractivity contribution < 1.29 is 9.18 Å². The zero-order valence-electron chi connectivity index (χ0n) is 19.0. The van der Waals surface area contributed by atoms with Crippen LogP contribution < -0.4 is 10.6 Å². The summed E-state index contributed by atoms with van der Waals surface area (Å²) in [6, 6.07) is 18.8. The van der Waals surface area contributed by atoms with Crippen molar-refractivity contribution in [1.82, 2.24) is 24.8 Å². The quantitative estimate of drug-likeness (QED) is 0.332. The number of aromatic nitrogens is 3. The number of nitrogens with zero attached hydrogens (tertiary/aromatic N) is 4. The van der Waals surface area contributed by atoms with Crippen LogP contribution in [0.3, 0.4) is 0 Å². The van der Waals surface area contributed by atoms with Crippen molar-refractivity contribution in [2.24, 2.45) is 0 Å². The van der Waals surface area contributed by atoms with Crippen LogP contribution in [0.5, 0.6) is 0 Å². The van der Waals surface area contributed by atoms with Gasteiger partial charge in [0.25, 0.3) is 0 Å². The molecule has 1 fully saturated rings. The van der Waals surface area contributed by atoms with Gasteiger partial charge in [-0.15, -0.1) is 0 Å². The van der Waals surface area contributed by atoms with Crippen LogP contribution in [0.2, 0.25) is 5.02 Å². The van der Waals surface area contributed by atoms with Crippen LogP contribution in [0.25, 0.3) is 5.82 Å². The smallest absolute Gasteiger partial charge is 0.226 e. The van der Waals surface area contributed by atoms with E-state index in [2.05, 4.69) is 20.6 Å². The first-order valence-corrected chi connectivity index (χ1v) is 12.1. The van der Waals surface area contributed by atoms with E-state index >= 15 is 0 Å². The molecule has 3 aromatic heterocycles. The van der Waals surface area contributed by atoms with E-state index in [4.69, 9.17) is 23.8 Å². The minimum Gasteiger partial charge on any atom is -0.352 e. The second-order valence-electron chi connectivity index (χ2n) is 8.24. The molecule has 0 bridgehead atoms. The van der Waals surface area contributed by atoms with Crippen LogP contribution >= 0.6 is 23.8 Å². The number of nitrogens with one attached hydrogen (secondary N) is 2. The SMILES string of the molecule is O=C(CCN1C(=S)NC(c2ccccn2)C1c1cccn1-c1ccc(Cl)cn1)Nc1ccccc1F. The number of benzene rings is 1. The largest absolute Gasteiger partial charge is 0.352 e. The highest BCUT2D eigenvalue weighted by Crippen LogP contribution is 2.39. The average molecular weight is 521 g/mol. The van der Waals surface area contributed by atoms with Crippen LogP contribution in [0.1, 0.15) is 29.9 Å². The highest BCUT2D eigenvalue weighted by atomic mass is 35.5. The van der Waals surface area contributed by atoms with E-state index in [1.54, 1.807) is 30.6 Å². The molecule has 7 nitrogen and oxygen atoms in total. The summed E-state index contributed by atoms with van der Waals surface area (Å²) in [6.45, 7) is 0.319. The Hall–Kier alpha value is -3.82. The number of hydrogen-bond donors (Lipinski definition) is 2. The molecule has 36 heavy (non-hydrogen) atoms. The van der Waals surface area contributed by atoms with Crippen molar-refractivity contribution in [3.63, 3.8) is 0 Å². The number of carbonyl (C=O) groups excluding carboxylic acids is 1. The van der Waals surface area contributed by atoms with Crippen molar-refractivity contribution >= 4 is 40.5 Å². The maximum atomic E-state index is 14.0. The fourth-order valence-corrected chi connectivity index (χ4v) is 4.76. The lowest BCUT2D eigenvalue weighted by molar-refractivity contribution is -0.116. The molecule has 1 aromatic carbocycles. The highest BCUT2D eigenvalue weighted by Gasteiger charge is 2.41. The normalized spacial score (nSPS) is 17.2. The van der Waals surface area contributed by atoms with Gasteiger partial charge in [-0.05, 0) is 60.7 Å². The van der Waals surface area contributed by atoms with Gasteiger partial charge in [-0.1, -0.05) is 29.8 Å². The number of anilines is 1. The number of hydrogen-bond acceptors (Lipinski definition) is 4. The molecule has 0 aliphatic carbocycles. The third kappa shape index (κ3) is 4.93. The fraction of sp³-hybridized carbons (Fsp3) is 0.154. The van der Waals surface area contributed by atoms with Crippen LogP contribution in [-0.2, 0) is 4.79 Å². The Morgan fingerprint density at radius 1 is 1.08 bits per heavy atom. The lowest BCUT2D eigenvalue weighted by atomic mass is 10.0. The fourth-order valence-electron chi connectivity index (χ4n) is 4.32. The van der Waals surface area contributed by atoms with Gasteiger partial charge < -0.3 is 20.1 Å². The number of thiocarbonyl (C=S) groups is 1. The molecular weight excluding hydrogens is 499 g/mol. The zero-order chi connectivity index (χ0) is 25.1. The molecule has 0 spiro atoms. The predicted molar refractivity (Wildman–Crippen MR) is 140 cm³/mol. The maximum Gasteiger partial charge on any atom is 0.226 e. The van der Waals surface area contributed by atoms with E-state index in [0.29, 0.717) is 22.5 Å². The van der Waals surface area contributed by atoms with Gasteiger partial charge in [0.1, 0.15) is 11.6 Å². The van der Waals surface area contributed by atoms with Gasteiger partial charge in [-0.2, -0.15) is 0 Å². The second kappa shape index (κ2) is 10.4. The van der Waals surface area contributed by atoms with Gasteiger partial charge in [0.15, 0.2) is 5.11 Å². The molecule has 1 aliphatic heterocycles. The molecule has 10 heteroatoms. The summed E-state index contributed by atoms with van der Waals surface area (Å²) in [5, 5.41) is 7.07. The minimum atomic E-state index is -0.481. The Labute approximate surface area is 217 Å². The van der Waals surface area contributed by atoms with Crippen LogP contribution in [0.4, 0.5) is 10.1 Å². The molecule has 4 aromatic rings. The van der Waals surface area contributed by atoms with Gasteiger partial charge >= 0.3 is 0 Å². The molecule has 5 rings (SSSR count). The second-order valence-corrected chi connectivity index (χ2v) is 9.06. The third-order valence-electron chi connectivity index (χ3n) is 5.97. The van der Waals surface area contributed by atoms with Crippen molar-refractivity contribution in [2.45, 2.75) is 18.5 Å².